The van der Waals surface area contributed by atoms with Gasteiger partial charge in [0.05, 0.1) is 0 Å². The van der Waals surface area contributed by atoms with Crippen LogP contribution in [0.25, 0.3) is 98.7 Å². The molecule has 10 aromatic carbocycles. The van der Waals surface area contributed by atoms with Gasteiger partial charge in [-0.1, -0.05) is 187 Å². The van der Waals surface area contributed by atoms with Gasteiger partial charge >= 0.3 is 0 Å². The van der Waals surface area contributed by atoms with Crippen molar-refractivity contribution in [2.24, 2.45) is 0 Å². The van der Waals surface area contributed by atoms with Crippen molar-refractivity contribution in [1.82, 2.24) is 0 Å². The maximum Gasteiger partial charge on any atom is 0.0159 e. The van der Waals surface area contributed by atoms with E-state index in [0.29, 0.717) is 0 Å². The highest BCUT2D eigenvalue weighted by Gasteiger charge is 2.42. The van der Waals surface area contributed by atoms with Crippen LogP contribution in [0.2, 0.25) is 0 Å². The van der Waals surface area contributed by atoms with E-state index in [1.807, 2.05) is 0 Å². The number of rotatable bonds is 2. The third-order valence-corrected chi connectivity index (χ3v) is 15.4. The predicted molar refractivity (Wildman–Crippen MR) is 260 cm³/mol. The monoisotopic (exact) mass is 778 g/mol. The zero-order valence-electron chi connectivity index (χ0n) is 35.7. The van der Waals surface area contributed by atoms with E-state index in [1.165, 1.54) is 132 Å². The normalized spacial score (nSPS) is 15.8. The smallest absolute Gasteiger partial charge is 0.0159 e. The summed E-state index contributed by atoms with van der Waals surface area (Å²) in [6.45, 7) is 14.5. The Hall–Kier alpha value is -6.76. The molecule has 290 valence electrons. The average molecular weight is 779 g/mol. The molecule has 0 saturated carbocycles. The summed E-state index contributed by atoms with van der Waals surface area (Å²) in [4.78, 5) is 0. The standard InChI is InChI=1S/C61H46/c1-59(2)49-26-16-15-22-41(49)42-29-27-36(31-51(42)59)46-32-52-57(43-23-12-9-19-38(43)46)58-45-25-14-11-21-40(45)48(34-54(58)61(52,5)6)47-33-53-56(44-24-13-10-20-39(44)47)55-37-18-8-7-17-35(37)28-30-50(55)60(53,3)4/h7-34H,1-6H3. The van der Waals surface area contributed by atoms with Crippen LogP contribution in [-0.4, -0.2) is 0 Å². The van der Waals surface area contributed by atoms with Crippen molar-refractivity contribution < 1.29 is 0 Å². The molecule has 3 aliphatic rings. The minimum atomic E-state index is -0.241. The summed E-state index contributed by atoms with van der Waals surface area (Å²) in [5.41, 5.74) is 21.5. The lowest BCUT2D eigenvalue weighted by Crippen LogP contribution is -2.16. The molecule has 0 bridgehead atoms. The van der Waals surface area contributed by atoms with Gasteiger partial charge in [0.25, 0.3) is 0 Å². The summed E-state index contributed by atoms with van der Waals surface area (Å²) in [7, 11) is 0. The summed E-state index contributed by atoms with van der Waals surface area (Å²) in [5, 5.41) is 10.6. The third-order valence-electron chi connectivity index (χ3n) is 15.4. The Kier molecular flexibility index (Phi) is 6.74. The Morgan fingerprint density at radius 2 is 0.656 bits per heavy atom. The highest BCUT2D eigenvalue weighted by atomic mass is 14.4. The van der Waals surface area contributed by atoms with E-state index >= 15 is 0 Å². The Bertz CT molecular complexity index is 3610. The quantitative estimate of drug-likeness (QED) is 0.164. The minimum Gasteiger partial charge on any atom is -0.0619 e. The summed E-state index contributed by atoms with van der Waals surface area (Å²) >= 11 is 0. The van der Waals surface area contributed by atoms with E-state index in [-0.39, 0.29) is 16.2 Å². The first-order valence-electron chi connectivity index (χ1n) is 22.0. The fraction of sp³-hybridized carbons (Fsp3) is 0.148. The second kappa shape index (κ2) is 11.7. The molecule has 0 N–H and O–H groups in total. The van der Waals surface area contributed by atoms with E-state index in [2.05, 4.69) is 211 Å². The van der Waals surface area contributed by atoms with Crippen LogP contribution in [0.5, 0.6) is 0 Å². The fourth-order valence-corrected chi connectivity index (χ4v) is 12.3. The Morgan fingerprint density at radius 1 is 0.246 bits per heavy atom. The lowest BCUT2D eigenvalue weighted by atomic mass is 9.77. The van der Waals surface area contributed by atoms with E-state index in [4.69, 9.17) is 0 Å². The highest BCUT2D eigenvalue weighted by molar-refractivity contribution is 6.20. The van der Waals surface area contributed by atoms with Gasteiger partial charge in [0.2, 0.25) is 0 Å². The zero-order valence-corrected chi connectivity index (χ0v) is 35.7. The van der Waals surface area contributed by atoms with Crippen molar-refractivity contribution in [3.63, 3.8) is 0 Å². The number of hydrogen-bond acceptors (Lipinski definition) is 0. The van der Waals surface area contributed by atoms with Gasteiger partial charge < -0.3 is 0 Å². The van der Waals surface area contributed by atoms with Gasteiger partial charge in [-0.3, -0.25) is 0 Å². The van der Waals surface area contributed by atoms with Gasteiger partial charge in [0.15, 0.2) is 0 Å². The van der Waals surface area contributed by atoms with Crippen molar-refractivity contribution in [3.8, 4) is 55.6 Å². The van der Waals surface area contributed by atoms with Crippen LogP contribution in [0.1, 0.15) is 74.9 Å². The molecular weight excluding hydrogens is 733 g/mol. The second-order valence-electron chi connectivity index (χ2n) is 19.6. The van der Waals surface area contributed by atoms with Crippen LogP contribution in [0.3, 0.4) is 0 Å². The Morgan fingerprint density at radius 3 is 1.25 bits per heavy atom. The molecule has 61 heavy (non-hydrogen) atoms. The van der Waals surface area contributed by atoms with Crippen LogP contribution in [0.4, 0.5) is 0 Å². The van der Waals surface area contributed by atoms with E-state index < -0.39 is 0 Å². The predicted octanol–water partition coefficient (Wildman–Crippen LogP) is 16.6. The van der Waals surface area contributed by atoms with Crippen molar-refractivity contribution in [2.75, 3.05) is 0 Å². The molecule has 3 aliphatic carbocycles. The van der Waals surface area contributed by atoms with Gasteiger partial charge in [0.1, 0.15) is 0 Å². The molecule has 0 amide bonds. The number of fused-ring (bicyclic) bond motifs is 17. The van der Waals surface area contributed by atoms with Crippen LogP contribution >= 0.6 is 0 Å². The zero-order chi connectivity index (χ0) is 41.2. The van der Waals surface area contributed by atoms with Crippen molar-refractivity contribution in [1.29, 1.82) is 0 Å². The Labute approximate surface area is 358 Å². The molecule has 0 radical (unpaired) electrons. The summed E-state index contributed by atoms with van der Waals surface area (Å²) in [5.74, 6) is 0. The lowest BCUT2D eigenvalue weighted by molar-refractivity contribution is 0.660. The van der Waals surface area contributed by atoms with Gasteiger partial charge in [-0.15, -0.1) is 0 Å². The fourth-order valence-electron chi connectivity index (χ4n) is 12.3. The van der Waals surface area contributed by atoms with Crippen LogP contribution in [-0.2, 0) is 16.2 Å². The molecule has 0 saturated heterocycles. The first-order valence-corrected chi connectivity index (χ1v) is 22.0. The van der Waals surface area contributed by atoms with Gasteiger partial charge in [0, 0.05) is 16.2 Å². The first-order chi connectivity index (χ1) is 29.5. The largest absolute Gasteiger partial charge is 0.0619 e. The maximum atomic E-state index is 2.58. The molecule has 0 aromatic heterocycles. The van der Waals surface area contributed by atoms with Crippen molar-refractivity contribution in [2.45, 2.75) is 57.8 Å². The molecule has 0 atom stereocenters. The molecule has 13 rings (SSSR count). The van der Waals surface area contributed by atoms with E-state index in [1.54, 1.807) is 0 Å². The molecule has 10 aromatic rings. The number of benzene rings is 10. The summed E-state index contributed by atoms with van der Waals surface area (Å²) in [6, 6.07) is 65.1. The summed E-state index contributed by atoms with van der Waals surface area (Å²) < 4.78 is 0. The molecule has 0 unspecified atom stereocenters. The van der Waals surface area contributed by atoms with Crippen LogP contribution in [0, 0.1) is 0 Å². The Balaban J connectivity index is 1.06. The third kappa shape index (κ3) is 4.40. The van der Waals surface area contributed by atoms with Gasteiger partial charge in [-0.05, 0) is 156 Å². The molecule has 0 aliphatic heterocycles. The van der Waals surface area contributed by atoms with E-state index in [9.17, 15) is 0 Å². The maximum absolute atomic E-state index is 2.58. The SMILES string of the molecule is CC1(C)c2ccccc2-c2ccc(-c3cc4c(c5ccccc35)-c3c(cc(-c5cc6c(c7ccccc57)-c5c(ccc7ccccc57)C6(C)C)c5ccccc35)C4(C)C)cc21. The van der Waals surface area contributed by atoms with Crippen molar-refractivity contribution >= 4 is 43.1 Å². The molecule has 0 nitrogen and oxygen atoms in total. The average Bonchev–Trinajstić information content (AvgIpc) is 3.77. The van der Waals surface area contributed by atoms with Gasteiger partial charge in [-0.2, -0.15) is 0 Å². The van der Waals surface area contributed by atoms with Gasteiger partial charge in [-0.25, -0.2) is 0 Å². The van der Waals surface area contributed by atoms with Crippen molar-refractivity contribution in [3.05, 3.63) is 203 Å². The number of hydrogen-bond donors (Lipinski definition) is 0. The molecule has 0 fully saturated rings. The lowest BCUT2D eigenvalue weighted by Gasteiger charge is -2.25. The minimum absolute atomic E-state index is 0.0627. The highest BCUT2D eigenvalue weighted by Crippen LogP contribution is 2.60. The molecular formula is C61H46. The van der Waals surface area contributed by atoms with E-state index in [0.717, 1.165) is 0 Å². The topological polar surface area (TPSA) is 0 Å². The summed E-state index contributed by atoms with van der Waals surface area (Å²) in [6.07, 6.45) is 0. The first kappa shape index (κ1) is 35.0. The van der Waals surface area contributed by atoms with Crippen LogP contribution in [0.15, 0.2) is 170 Å². The molecule has 0 heterocycles. The molecule has 0 heteroatoms. The van der Waals surface area contributed by atoms with Crippen LogP contribution < -0.4 is 0 Å². The molecule has 0 spiro atoms. The second-order valence-corrected chi connectivity index (χ2v) is 19.6.